The minimum Gasteiger partial charge on any atom is -0.496 e. The van der Waals surface area contributed by atoms with E-state index in [9.17, 15) is 5.11 Å². The normalized spacial score (nSPS) is 13.5. The summed E-state index contributed by atoms with van der Waals surface area (Å²) in [5.41, 5.74) is 3.20. The molecule has 0 aliphatic heterocycles. The van der Waals surface area contributed by atoms with Crippen molar-refractivity contribution in [3.63, 3.8) is 0 Å². The molecular formula is C18H32O3Si. The summed E-state index contributed by atoms with van der Waals surface area (Å²) in [7, 11) is 0.563. The van der Waals surface area contributed by atoms with E-state index in [0.717, 1.165) is 29.7 Å². The third-order valence-electron chi connectivity index (χ3n) is 3.79. The van der Waals surface area contributed by atoms with Crippen LogP contribution in [0.15, 0.2) is 12.1 Å². The molecule has 0 bridgehead atoms. The maximum Gasteiger partial charge on any atom is 0.171 e. The average Bonchev–Trinajstić information content (AvgIpc) is 2.42. The Morgan fingerprint density at radius 3 is 2.32 bits per heavy atom. The molecule has 1 aromatic carbocycles. The Morgan fingerprint density at radius 2 is 1.86 bits per heavy atom. The summed E-state index contributed by atoms with van der Waals surface area (Å²) in [6.45, 7) is 13.6. The van der Waals surface area contributed by atoms with Crippen LogP contribution in [0.5, 0.6) is 5.75 Å². The van der Waals surface area contributed by atoms with Crippen LogP contribution >= 0.6 is 0 Å². The number of ether oxygens (including phenoxy) is 1. The molecule has 0 heterocycles. The Balaban J connectivity index is 3.38. The summed E-state index contributed by atoms with van der Waals surface area (Å²) < 4.78 is 11.7. The van der Waals surface area contributed by atoms with Crippen molar-refractivity contribution in [3.05, 3.63) is 28.8 Å². The molecule has 0 fully saturated rings. The van der Waals surface area contributed by atoms with E-state index < -0.39 is 15.1 Å². The number of aliphatic hydroxyl groups is 1. The van der Waals surface area contributed by atoms with E-state index in [0.29, 0.717) is 6.61 Å². The SMILES string of the molecule is CCCC(O)c1ccc(C(C)(C)C)c(CO[SiH](C)C)c1OC. The second-order valence-corrected chi connectivity index (χ2v) is 9.56. The van der Waals surface area contributed by atoms with Crippen LogP contribution in [0.2, 0.25) is 13.1 Å². The van der Waals surface area contributed by atoms with Crippen molar-refractivity contribution in [3.8, 4) is 5.75 Å². The van der Waals surface area contributed by atoms with Crippen LogP contribution < -0.4 is 4.74 Å². The molecule has 0 aromatic heterocycles. The van der Waals surface area contributed by atoms with Gasteiger partial charge in [-0.2, -0.15) is 0 Å². The molecule has 1 atom stereocenters. The number of hydrogen-bond donors (Lipinski definition) is 1. The van der Waals surface area contributed by atoms with E-state index in [1.165, 1.54) is 5.56 Å². The van der Waals surface area contributed by atoms with Crippen molar-refractivity contribution in [2.75, 3.05) is 7.11 Å². The summed E-state index contributed by atoms with van der Waals surface area (Å²) in [5, 5.41) is 10.4. The topological polar surface area (TPSA) is 38.7 Å². The highest BCUT2D eigenvalue weighted by atomic mass is 28.3. The Bertz CT molecular complexity index is 478. The molecule has 1 unspecified atom stereocenters. The first-order valence-corrected chi connectivity index (χ1v) is 11.0. The molecule has 0 saturated carbocycles. The molecule has 0 spiro atoms. The summed E-state index contributed by atoms with van der Waals surface area (Å²) in [5.74, 6) is 0.794. The standard InChI is InChI=1S/C18H32O3Si/c1-8-9-16(19)13-10-11-15(18(2,3)4)14(17(13)20-5)12-21-22(6)7/h10-11,16,19,22H,8-9,12H2,1-7H3. The molecule has 126 valence electrons. The van der Waals surface area contributed by atoms with Gasteiger partial charge in [0.25, 0.3) is 0 Å². The molecule has 4 heteroatoms. The van der Waals surface area contributed by atoms with Crippen molar-refractivity contribution in [1.29, 1.82) is 0 Å². The van der Waals surface area contributed by atoms with E-state index in [4.69, 9.17) is 9.16 Å². The molecule has 0 amide bonds. The van der Waals surface area contributed by atoms with Crippen LogP contribution in [0.4, 0.5) is 0 Å². The van der Waals surface area contributed by atoms with Crippen molar-refractivity contribution in [2.45, 2.75) is 71.8 Å². The maximum absolute atomic E-state index is 10.4. The maximum atomic E-state index is 10.4. The van der Waals surface area contributed by atoms with Gasteiger partial charge >= 0.3 is 0 Å². The number of methoxy groups -OCH3 is 1. The molecule has 0 radical (unpaired) electrons. The smallest absolute Gasteiger partial charge is 0.171 e. The second-order valence-electron chi connectivity index (χ2n) is 7.13. The predicted octanol–water partition coefficient (Wildman–Crippen LogP) is 4.33. The van der Waals surface area contributed by atoms with Crippen LogP contribution in [0.3, 0.4) is 0 Å². The van der Waals surface area contributed by atoms with Crippen LogP contribution in [-0.2, 0) is 16.4 Å². The third kappa shape index (κ3) is 4.83. The van der Waals surface area contributed by atoms with Crippen molar-refractivity contribution in [1.82, 2.24) is 0 Å². The first kappa shape index (κ1) is 19.2. The monoisotopic (exact) mass is 324 g/mol. The van der Waals surface area contributed by atoms with Gasteiger partial charge in [0.15, 0.2) is 9.04 Å². The first-order chi connectivity index (χ1) is 10.2. The molecule has 0 aliphatic carbocycles. The highest BCUT2D eigenvalue weighted by Crippen LogP contribution is 2.38. The molecule has 1 aromatic rings. The number of hydrogen-bond acceptors (Lipinski definition) is 3. The van der Waals surface area contributed by atoms with Crippen LogP contribution in [0.1, 0.15) is 63.3 Å². The first-order valence-electron chi connectivity index (χ1n) is 8.22. The zero-order valence-electron chi connectivity index (χ0n) is 15.2. The van der Waals surface area contributed by atoms with Gasteiger partial charge in [-0.1, -0.05) is 46.2 Å². The largest absolute Gasteiger partial charge is 0.496 e. The zero-order valence-corrected chi connectivity index (χ0v) is 16.3. The second kappa shape index (κ2) is 8.13. The predicted molar refractivity (Wildman–Crippen MR) is 95.2 cm³/mol. The van der Waals surface area contributed by atoms with Crippen molar-refractivity contribution >= 4 is 9.04 Å². The average molecular weight is 325 g/mol. The van der Waals surface area contributed by atoms with Gasteiger partial charge in [-0.05, 0) is 30.5 Å². The van der Waals surface area contributed by atoms with Gasteiger partial charge < -0.3 is 14.3 Å². The minimum atomic E-state index is -1.12. The Morgan fingerprint density at radius 1 is 1.23 bits per heavy atom. The van der Waals surface area contributed by atoms with E-state index in [1.54, 1.807) is 7.11 Å². The van der Waals surface area contributed by atoms with Crippen LogP contribution in [-0.4, -0.2) is 21.3 Å². The lowest BCUT2D eigenvalue weighted by molar-refractivity contribution is 0.161. The summed E-state index contributed by atoms with van der Waals surface area (Å²) in [6.07, 6.45) is 1.20. The molecule has 0 saturated heterocycles. The molecule has 0 aliphatic rings. The number of benzene rings is 1. The molecule has 3 nitrogen and oxygen atoms in total. The minimum absolute atomic E-state index is 0.0126. The highest BCUT2D eigenvalue weighted by Gasteiger charge is 2.25. The fourth-order valence-corrected chi connectivity index (χ4v) is 3.17. The quantitative estimate of drug-likeness (QED) is 0.759. The molecular weight excluding hydrogens is 292 g/mol. The van der Waals surface area contributed by atoms with Gasteiger partial charge in [-0.3, -0.25) is 0 Å². The Labute approximate surface area is 137 Å². The fourth-order valence-electron chi connectivity index (χ4n) is 2.67. The fraction of sp³-hybridized carbons (Fsp3) is 0.667. The van der Waals surface area contributed by atoms with Crippen molar-refractivity contribution in [2.24, 2.45) is 0 Å². The third-order valence-corrected chi connectivity index (χ3v) is 4.62. The summed E-state index contributed by atoms with van der Waals surface area (Å²) in [4.78, 5) is 0. The summed E-state index contributed by atoms with van der Waals surface area (Å²) in [6, 6.07) is 4.13. The number of aliphatic hydroxyl groups excluding tert-OH is 1. The lowest BCUT2D eigenvalue weighted by Gasteiger charge is -2.27. The molecule has 1 N–H and O–H groups in total. The van der Waals surface area contributed by atoms with Gasteiger partial charge in [-0.15, -0.1) is 0 Å². The van der Waals surface area contributed by atoms with E-state index in [-0.39, 0.29) is 5.41 Å². The molecule has 1 rings (SSSR count). The Kier molecular flexibility index (Phi) is 7.10. The van der Waals surface area contributed by atoms with Gasteiger partial charge in [-0.25, -0.2) is 0 Å². The molecule has 22 heavy (non-hydrogen) atoms. The van der Waals surface area contributed by atoms with E-state index in [2.05, 4.69) is 46.9 Å². The van der Waals surface area contributed by atoms with Crippen LogP contribution in [0, 0.1) is 0 Å². The van der Waals surface area contributed by atoms with Gasteiger partial charge in [0.2, 0.25) is 0 Å². The van der Waals surface area contributed by atoms with Crippen molar-refractivity contribution < 1.29 is 14.3 Å². The highest BCUT2D eigenvalue weighted by molar-refractivity contribution is 6.48. The van der Waals surface area contributed by atoms with E-state index in [1.807, 2.05) is 6.07 Å². The lowest BCUT2D eigenvalue weighted by Crippen LogP contribution is -2.18. The number of rotatable bonds is 7. The summed E-state index contributed by atoms with van der Waals surface area (Å²) >= 11 is 0. The van der Waals surface area contributed by atoms with Crippen LogP contribution in [0.25, 0.3) is 0 Å². The van der Waals surface area contributed by atoms with Gasteiger partial charge in [0, 0.05) is 11.1 Å². The lowest BCUT2D eigenvalue weighted by atomic mass is 9.82. The van der Waals surface area contributed by atoms with Gasteiger partial charge in [0.05, 0.1) is 19.8 Å². The Hall–Kier alpha value is -0.843. The van der Waals surface area contributed by atoms with E-state index >= 15 is 0 Å². The zero-order chi connectivity index (χ0) is 16.9. The van der Waals surface area contributed by atoms with Gasteiger partial charge in [0.1, 0.15) is 5.75 Å².